The van der Waals surface area contributed by atoms with E-state index in [-0.39, 0.29) is 24.5 Å². The van der Waals surface area contributed by atoms with Crippen LogP contribution in [0.3, 0.4) is 0 Å². The van der Waals surface area contributed by atoms with Crippen LogP contribution >= 0.6 is 0 Å². The summed E-state index contributed by atoms with van der Waals surface area (Å²) in [7, 11) is 1.60. The Bertz CT molecular complexity index is 758. The largest absolute Gasteiger partial charge is 0.453 e. The summed E-state index contributed by atoms with van der Waals surface area (Å²) in [4.78, 5) is 38.3. The van der Waals surface area contributed by atoms with Gasteiger partial charge in [0.15, 0.2) is 11.9 Å². The van der Waals surface area contributed by atoms with Crippen LogP contribution in [-0.4, -0.2) is 41.3 Å². The first kappa shape index (κ1) is 21.6. The highest BCUT2D eigenvalue weighted by Crippen LogP contribution is 2.32. The Morgan fingerprint density at radius 3 is 2.32 bits per heavy atom. The second-order valence-corrected chi connectivity index (χ2v) is 7.52. The fraction of sp³-hybridized carbons (Fsp3) is 0.545. The first-order chi connectivity index (χ1) is 13.3. The van der Waals surface area contributed by atoms with Crippen molar-refractivity contribution in [3.63, 3.8) is 0 Å². The Morgan fingerprint density at radius 1 is 1.14 bits per heavy atom. The van der Waals surface area contributed by atoms with E-state index in [1.165, 1.54) is 11.8 Å². The number of amides is 1. The van der Waals surface area contributed by atoms with Gasteiger partial charge < -0.3 is 9.64 Å². The van der Waals surface area contributed by atoms with Crippen LogP contribution in [0, 0.1) is 18.3 Å². The van der Waals surface area contributed by atoms with Crippen molar-refractivity contribution >= 4 is 17.7 Å². The van der Waals surface area contributed by atoms with Crippen molar-refractivity contribution < 1.29 is 19.1 Å². The van der Waals surface area contributed by atoms with Crippen molar-refractivity contribution in [2.75, 3.05) is 7.05 Å². The summed E-state index contributed by atoms with van der Waals surface area (Å²) < 4.78 is 5.23. The van der Waals surface area contributed by atoms with Gasteiger partial charge in [-0.2, -0.15) is 5.26 Å². The summed E-state index contributed by atoms with van der Waals surface area (Å²) in [5.41, 5.74) is 0.785. The highest BCUT2D eigenvalue weighted by molar-refractivity contribution is 5.97. The Balaban J connectivity index is 1.87. The summed E-state index contributed by atoms with van der Waals surface area (Å²) in [6.07, 6.45) is 3.10. The number of aryl methyl sites for hydroxylation is 1. The average molecular weight is 384 g/mol. The zero-order chi connectivity index (χ0) is 20.7. The lowest BCUT2D eigenvalue weighted by Crippen LogP contribution is -2.53. The molecule has 6 heteroatoms. The molecular formula is C22H28N2O4. The molecule has 28 heavy (non-hydrogen) atoms. The average Bonchev–Trinajstić information content (AvgIpc) is 2.71. The second kappa shape index (κ2) is 9.50. The van der Waals surface area contributed by atoms with E-state index in [1.807, 2.05) is 19.1 Å². The maximum absolute atomic E-state index is 12.7. The van der Waals surface area contributed by atoms with Gasteiger partial charge in [-0.25, -0.2) is 0 Å². The van der Waals surface area contributed by atoms with Crippen molar-refractivity contribution in [3.8, 4) is 6.07 Å². The molecule has 0 spiro atoms. The number of rotatable bonds is 7. The smallest absolute Gasteiger partial charge is 0.307 e. The van der Waals surface area contributed by atoms with Gasteiger partial charge >= 0.3 is 5.97 Å². The molecule has 1 aliphatic carbocycles. The van der Waals surface area contributed by atoms with Crippen LogP contribution < -0.4 is 0 Å². The van der Waals surface area contributed by atoms with Gasteiger partial charge in [0.05, 0.1) is 12.5 Å². The lowest BCUT2D eigenvalue weighted by Gasteiger charge is -2.39. The number of benzene rings is 1. The number of Topliss-reactive ketones (excluding diaryl/α,β-unsaturated/α-hetero) is 1. The number of hydrogen-bond donors (Lipinski definition) is 0. The number of ether oxygens (including phenoxy) is 1. The molecule has 150 valence electrons. The number of hydrogen-bond acceptors (Lipinski definition) is 5. The molecule has 1 amide bonds. The summed E-state index contributed by atoms with van der Waals surface area (Å²) in [5, 5.41) is 9.61. The highest BCUT2D eigenvalue weighted by atomic mass is 16.5. The maximum atomic E-state index is 12.7. The normalized spacial score (nSPS) is 16.5. The molecule has 0 bridgehead atoms. The van der Waals surface area contributed by atoms with Crippen molar-refractivity contribution in [1.29, 1.82) is 5.26 Å². The molecule has 0 unspecified atom stereocenters. The summed E-state index contributed by atoms with van der Waals surface area (Å²) >= 11 is 0. The molecule has 0 heterocycles. The van der Waals surface area contributed by atoms with Gasteiger partial charge in [0.2, 0.25) is 0 Å². The Hall–Kier alpha value is -2.68. The fourth-order valence-corrected chi connectivity index (χ4v) is 3.55. The van der Waals surface area contributed by atoms with Gasteiger partial charge in [-0.3, -0.25) is 14.4 Å². The van der Waals surface area contributed by atoms with E-state index in [0.29, 0.717) is 18.4 Å². The molecule has 6 nitrogen and oxygen atoms in total. The number of nitrogens with zero attached hydrogens (tertiary/aromatic N) is 2. The first-order valence-corrected chi connectivity index (χ1v) is 9.77. The van der Waals surface area contributed by atoms with Crippen molar-refractivity contribution in [3.05, 3.63) is 35.4 Å². The first-order valence-electron chi connectivity index (χ1n) is 9.77. The van der Waals surface area contributed by atoms with E-state index in [0.717, 1.165) is 24.8 Å². The molecule has 1 aromatic carbocycles. The standard InChI is InChI=1S/C22H28N2O4/c1-16-7-9-18(10-8-16)19(25)11-12-20(26)28-17(2)21(27)24(3)22(15-23)13-5-4-6-14-22/h7-10,17H,4-6,11-14H2,1-3H3/t17-/m0/s1. The molecule has 0 aliphatic heterocycles. The van der Waals surface area contributed by atoms with Gasteiger partial charge in [-0.1, -0.05) is 49.1 Å². The van der Waals surface area contributed by atoms with Gasteiger partial charge in [-0.05, 0) is 26.7 Å². The van der Waals surface area contributed by atoms with Gasteiger partial charge in [-0.15, -0.1) is 0 Å². The quantitative estimate of drug-likeness (QED) is 0.530. The number of likely N-dealkylation sites (N-methyl/N-ethyl adjacent to an activating group) is 1. The third kappa shape index (κ3) is 5.19. The molecule has 1 saturated carbocycles. The molecule has 2 rings (SSSR count). The van der Waals surface area contributed by atoms with Crippen molar-refractivity contribution in [2.24, 2.45) is 0 Å². The summed E-state index contributed by atoms with van der Waals surface area (Å²) in [5.74, 6) is -1.12. The van der Waals surface area contributed by atoms with Crippen molar-refractivity contribution in [1.82, 2.24) is 4.90 Å². The highest BCUT2D eigenvalue weighted by Gasteiger charge is 2.40. The molecule has 0 saturated heterocycles. The number of carbonyl (C=O) groups excluding carboxylic acids is 3. The zero-order valence-electron chi connectivity index (χ0n) is 16.9. The number of nitriles is 1. The molecule has 0 N–H and O–H groups in total. The number of esters is 1. The van der Waals surface area contributed by atoms with Crippen molar-refractivity contribution in [2.45, 2.75) is 70.4 Å². The minimum absolute atomic E-state index is 0.0285. The predicted octanol–water partition coefficient (Wildman–Crippen LogP) is 3.57. The van der Waals surface area contributed by atoms with Crippen LogP contribution in [0.1, 0.15) is 67.8 Å². The Morgan fingerprint density at radius 2 is 1.75 bits per heavy atom. The lowest BCUT2D eigenvalue weighted by molar-refractivity contribution is -0.160. The van der Waals surface area contributed by atoms with E-state index in [4.69, 9.17) is 4.74 Å². The van der Waals surface area contributed by atoms with Crippen LogP contribution in [-0.2, 0) is 14.3 Å². The van der Waals surface area contributed by atoms with Gasteiger partial charge in [0.25, 0.3) is 5.91 Å². The molecule has 1 atom stereocenters. The molecule has 1 aliphatic rings. The molecule has 1 aromatic rings. The molecule has 1 fully saturated rings. The minimum Gasteiger partial charge on any atom is -0.453 e. The second-order valence-electron chi connectivity index (χ2n) is 7.52. The summed E-state index contributed by atoms with van der Waals surface area (Å²) in [6, 6.07) is 9.44. The SMILES string of the molecule is Cc1ccc(C(=O)CCC(=O)O[C@@H](C)C(=O)N(C)C2(C#N)CCCCC2)cc1. The molecular weight excluding hydrogens is 356 g/mol. The monoisotopic (exact) mass is 384 g/mol. The summed E-state index contributed by atoms with van der Waals surface area (Å²) in [6.45, 7) is 3.44. The maximum Gasteiger partial charge on any atom is 0.307 e. The van der Waals surface area contributed by atoms with Crippen LogP contribution in [0.4, 0.5) is 0 Å². The minimum atomic E-state index is -0.987. The predicted molar refractivity (Wildman–Crippen MR) is 104 cm³/mol. The molecule has 0 aromatic heterocycles. The van der Waals surface area contributed by atoms with E-state index < -0.39 is 17.6 Å². The van der Waals surface area contributed by atoms with Crippen LogP contribution in [0.2, 0.25) is 0 Å². The fourth-order valence-electron chi connectivity index (χ4n) is 3.55. The lowest BCUT2D eigenvalue weighted by atomic mass is 9.81. The number of ketones is 1. The van der Waals surface area contributed by atoms with Gasteiger partial charge in [0, 0.05) is 19.0 Å². The van der Waals surface area contributed by atoms with Gasteiger partial charge in [0.1, 0.15) is 5.54 Å². The third-order valence-corrected chi connectivity index (χ3v) is 5.45. The topological polar surface area (TPSA) is 87.5 Å². The van der Waals surface area contributed by atoms with E-state index in [9.17, 15) is 19.6 Å². The Kier molecular flexibility index (Phi) is 7.33. The number of carbonyl (C=O) groups is 3. The zero-order valence-corrected chi connectivity index (χ0v) is 16.9. The molecule has 0 radical (unpaired) electrons. The van der Waals surface area contributed by atoms with Crippen LogP contribution in [0.25, 0.3) is 0 Å². The van der Waals surface area contributed by atoms with E-state index in [1.54, 1.807) is 19.2 Å². The van der Waals surface area contributed by atoms with Crippen LogP contribution in [0.5, 0.6) is 0 Å². The van der Waals surface area contributed by atoms with Crippen LogP contribution in [0.15, 0.2) is 24.3 Å². The van der Waals surface area contributed by atoms with E-state index >= 15 is 0 Å². The third-order valence-electron chi connectivity index (χ3n) is 5.45. The van der Waals surface area contributed by atoms with E-state index in [2.05, 4.69) is 6.07 Å². The Labute approximate surface area is 166 Å².